The lowest BCUT2D eigenvalue weighted by molar-refractivity contribution is -0.136. The van der Waals surface area contributed by atoms with Crippen LogP contribution < -0.4 is 0 Å². The van der Waals surface area contributed by atoms with Gasteiger partial charge in [-0.1, -0.05) is 37.1 Å². The number of hydrogen-bond donors (Lipinski definition) is 2. The van der Waals surface area contributed by atoms with E-state index < -0.39 is 32.9 Å². The van der Waals surface area contributed by atoms with Crippen molar-refractivity contribution in [3.63, 3.8) is 0 Å². The number of sulfonamides is 1. The van der Waals surface area contributed by atoms with Gasteiger partial charge in [0.25, 0.3) is 0 Å². The number of carboxylic acid groups (broad SMARTS) is 1. The second-order valence-electron chi connectivity index (χ2n) is 7.39. The molecule has 1 fully saturated rings. The number of carbonyl (C=O) groups excluding carboxylic acids is 1. The van der Waals surface area contributed by atoms with Crippen LogP contribution in [0.5, 0.6) is 0 Å². The first-order chi connectivity index (χ1) is 13.6. The first-order valence-electron chi connectivity index (χ1n) is 9.50. The lowest BCUT2D eigenvalue weighted by Gasteiger charge is -2.40. The largest absolute Gasteiger partial charge is 0.502 e. The summed E-state index contributed by atoms with van der Waals surface area (Å²) >= 11 is 5.92. The summed E-state index contributed by atoms with van der Waals surface area (Å²) in [6.07, 6.45) is 3.02. The van der Waals surface area contributed by atoms with Crippen molar-refractivity contribution in [3.05, 3.63) is 46.7 Å². The first-order valence-corrected chi connectivity index (χ1v) is 11.5. The van der Waals surface area contributed by atoms with Gasteiger partial charge in [0, 0.05) is 24.2 Å². The number of ketones is 1. The number of aliphatic hydroxyl groups excluding tert-OH is 1. The lowest BCUT2D eigenvalue weighted by Crippen LogP contribution is -2.51. The molecule has 1 atom stereocenters. The van der Waals surface area contributed by atoms with Gasteiger partial charge in [-0.25, -0.2) is 17.5 Å². The fourth-order valence-corrected chi connectivity index (χ4v) is 5.44. The molecular weight excluding hydrogens is 418 g/mol. The Hall–Kier alpha value is -1.90. The molecule has 1 aliphatic rings. The molecule has 1 aromatic rings. The van der Waals surface area contributed by atoms with Gasteiger partial charge in [-0.3, -0.25) is 4.79 Å². The summed E-state index contributed by atoms with van der Waals surface area (Å²) in [4.78, 5) is 24.0. The fraction of sp³-hybridized carbons (Fsp3) is 0.500. The summed E-state index contributed by atoms with van der Waals surface area (Å²) in [6, 6.07) is 6.86. The van der Waals surface area contributed by atoms with Crippen molar-refractivity contribution < 1.29 is 28.2 Å². The number of carboxylic acids is 1. The highest BCUT2D eigenvalue weighted by atomic mass is 35.5. The summed E-state index contributed by atoms with van der Waals surface area (Å²) < 4.78 is 26.8. The molecule has 1 saturated heterocycles. The zero-order valence-electron chi connectivity index (χ0n) is 16.3. The molecule has 0 aromatic heterocycles. The van der Waals surface area contributed by atoms with E-state index in [1.165, 1.54) is 4.31 Å². The van der Waals surface area contributed by atoms with E-state index >= 15 is 0 Å². The average Bonchev–Trinajstić information content (AvgIpc) is 2.68. The molecule has 0 saturated carbocycles. The second kappa shape index (κ2) is 9.73. The van der Waals surface area contributed by atoms with Crippen molar-refractivity contribution >= 4 is 33.4 Å². The van der Waals surface area contributed by atoms with E-state index in [1.54, 1.807) is 24.3 Å². The molecule has 1 aromatic carbocycles. The molecule has 0 spiro atoms. The van der Waals surface area contributed by atoms with Crippen LogP contribution in [0.4, 0.5) is 0 Å². The van der Waals surface area contributed by atoms with Crippen LogP contribution >= 0.6 is 11.6 Å². The summed E-state index contributed by atoms with van der Waals surface area (Å²) in [5, 5.41) is 19.0. The number of carbonyl (C=O) groups is 2. The summed E-state index contributed by atoms with van der Waals surface area (Å²) in [5.41, 5.74) is -0.381. The van der Waals surface area contributed by atoms with Crippen LogP contribution in [0.25, 0.3) is 0 Å². The first kappa shape index (κ1) is 23.4. The molecule has 2 N–H and O–H groups in total. The van der Waals surface area contributed by atoms with Gasteiger partial charge in [-0.15, -0.1) is 0 Å². The molecule has 29 heavy (non-hydrogen) atoms. The van der Waals surface area contributed by atoms with Gasteiger partial charge in [0.2, 0.25) is 15.8 Å². The molecule has 0 bridgehead atoms. The smallest absolute Gasteiger partial charge is 0.371 e. The number of allylic oxidation sites excluding steroid dienone is 1. The van der Waals surface area contributed by atoms with Crippen molar-refractivity contribution in [1.82, 2.24) is 4.31 Å². The predicted molar refractivity (Wildman–Crippen MR) is 110 cm³/mol. The molecule has 9 heteroatoms. The second-order valence-corrected chi connectivity index (χ2v) is 9.91. The van der Waals surface area contributed by atoms with E-state index in [4.69, 9.17) is 16.7 Å². The van der Waals surface area contributed by atoms with Gasteiger partial charge in [-0.2, -0.15) is 0 Å². The average molecular weight is 444 g/mol. The Bertz CT molecular complexity index is 881. The van der Waals surface area contributed by atoms with E-state index in [2.05, 4.69) is 0 Å². The van der Waals surface area contributed by atoms with Gasteiger partial charge in [0.1, 0.15) is 0 Å². The maximum absolute atomic E-state index is 13.0. The van der Waals surface area contributed by atoms with Crippen LogP contribution in [-0.4, -0.2) is 53.5 Å². The van der Waals surface area contributed by atoms with E-state index in [1.807, 2.05) is 6.92 Å². The number of aliphatic hydroxyl groups is 1. The Labute approximate surface area is 176 Å². The van der Waals surface area contributed by atoms with Gasteiger partial charge >= 0.3 is 5.97 Å². The molecule has 0 radical (unpaired) electrons. The lowest BCUT2D eigenvalue weighted by atomic mass is 9.72. The Morgan fingerprint density at radius 2 is 1.90 bits per heavy atom. The third-order valence-corrected chi connectivity index (χ3v) is 7.31. The van der Waals surface area contributed by atoms with E-state index in [9.17, 15) is 23.1 Å². The predicted octanol–water partition coefficient (Wildman–Crippen LogP) is 3.19. The monoisotopic (exact) mass is 443 g/mol. The minimum atomic E-state index is -3.53. The molecule has 1 aliphatic heterocycles. The standard InChI is InChI=1S/C20H26ClNO6S/c1-2-3-11-29(27,28)22-10-4-9-20(14-22,18(24)12-17(23)19(25)26)13-15-5-7-16(21)8-6-15/h5-8,12,23H,2-4,9-11,13-14H2,1H3,(H,25,26). The fourth-order valence-electron chi connectivity index (χ4n) is 3.55. The number of rotatable bonds is 9. The van der Waals surface area contributed by atoms with Gasteiger partial charge in [0.05, 0.1) is 11.2 Å². The molecular formula is C20H26ClNO6S. The highest BCUT2D eigenvalue weighted by Crippen LogP contribution is 2.37. The maximum Gasteiger partial charge on any atom is 0.371 e. The minimum Gasteiger partial charge on any atom is -0.502 e. The zero-order chi connectivity index (χ0) is 21.7. The van der Waals surface area contributed by atoms with Crippen molar-refractivity contribution in [3.8, 4) is 0 Å². The zero-order valence-corrected chi connectivity index (χ0v) is 17.9. The molecule has 0 amide bonds. The van der Waals surface area contributed by atoms with Crippen molar-refractivity contribution in [2.75, 3.05) is 18.8 Å². The van der Waals surface area contributed by atoms with Crippen LogP contribution in [0.1, 0.15) is 38.2 Å². The van der Waals surface area contributed by atoms with Crippen molar-refractivity contribution in [1.29, 1.82) is 0 Å². The number of halogens is 1. The third kappa shape index (κ3) is 6.04. The summed E-state index contributed by atoms with van der Waals surface area (Å²) in [7, 11) is -3.53. The van der Waals surface area contributed by atoms with Gasteiger partial charge in [-0.05, 0) is 43.4 Å². The third-order valence-electron chi connectivity index (χ3n) is 5.16. The highest BCUT2D eigenvalue weighted by Gasteiger charge is 2.44. The number of benzene rings is 1. The van der Waals surface area contributed by atoms with E-state index in [0.717, 1.165) is 12.0 Å². The van der Waals surface area contributed by atoms with Crippen molar-refractivity contribution in [2.45, 2.75) is 39.0 Å². The van der Waals surface area contributed by atoms with Crippen LogP contribution in [-0.2, 0) is 26.0 Å². The highest BCUT2D eigenvalue weighted by molar-refractivity contribution is 7.89. The normalized spacial score (nSPS) is 21.1. The molecule has 0 aliphatic carbocycles. The number of unbranched alkanes of at least 4 members (excludes halogenated alkanes) is 1. The van der Waals surface area contributed by atoms with Crippen LogP contribution in [0.15, 0.2) is 36.1 Å². The molecule has 160 valence electrons. The number of nitrogens with zero attached hydrogens (tertiary/aromatic N) is 1. The van der Waals surface area contributed by atoms with Crippen LogP contribution in [0.3, 0.4) is 0 Å². The SMILES string of the molecule is CCCCS(=O)(=O)N1CCCC(Cc2ccc(Cl)cc2)(C(=O)C=C(O)C(=O)O)C1. The number of aliphatic carboxylic acids is 1. The summed E-state index contributed by atoms with van der Waals surface area (Å²) in [5.74, 6) is -3.26. The molecule has 2 rings (SSSR count). The molecule has 7 nitrogen and oxygen atoms in total. The minimum absolute atomic E-state index is 0.00489. The number of hydrogen-bond acceptors (Lipinski definition) is 5. The number of piperidine rings is 1. The van der Waals surface area contributed by atoms with Gasteiger partial charge in [0.15, 0.2) is 5.78 Å². The Kier molecular flexibility index (Phi) is 7.85. The Morgan fingerprint density at radius 1 is 1.24 bits per heavy atom. The van der Waals surface area contributed by atoms with Gasteiger partial charge < -0.3 is 10.2 Å². The van der Waals surface area contributed by atoms with Crippen molar-refractivity contribution in [2.24, 2.45) is 5.41 Å². The molecule has 1 heterocycles. The Balaban J connectivity index is 2.40. The quantitative estimate of drug-likeness (QED) is 0.447. The van der Waals surface area contributed by atoms with E-state index in [-0.39, 0.29) is 18.7 Å². The van der Waals surface area contributed by atoms with Crippen LogP contribution in [0.2, 0.25) is 5.02 Å². The Morgan fingerprint density at radius 3 is 2.48 bits per heavy atom. The topological polar surface area (TPSA) is 112 Å². The summed E-state index contributed by atoms with van der Waals surface area (Å²) in [6.45, 7) is 2.17. The van der Waals surface area contributed by atoms with E-state index in [0.29, 0.717) is 36.9 Å². The maximum atomic E-state index is 13.0. The molecule has 1 unspecified atom stereocenters. The van der Waals surface area contributed by atoms with Crippen LogP contribution in [0, 0.1) is 5.41 Å².